The van der Waals surface area contributed by atoms with Gasteiger partial charge in [-0.1, -0.05) is 26.0 Å². The number of hydrogen-bond acceptors (Lipinski definition) is 5. The van der Waals surface area contributed by atoms with Gasteiger partial charge in [-0.05, 0) is 67.2 Å². The molecule has 0 saturated heterocycles. The summed E-state index contributed by atoms with van der Waals surface area (Å²) in [5.74, 6) is 2.62. The van der Waals surface area contributed by atoms with Gasteiger partial charge in [-0.2, -0.15) is 8.78 Å². The number of aliphatic hydroxyl groups excluding tert-OH is 1. The van der Waals surface area contributed by atoms with Gasteiger partial charge in [0.2, 0.25) is 0 Å². The minimum absolute atomic E-state index is 0.164. The number of aliphatic hydroxyl groups is 1. The minimum atomic E-state index is -3.20. The van der Waals surface area contributed by atoms with Gasteiger partial charge in [-0.3, -0.25) is 4.99 Å². The second-order valence-electron chi connectivity index (χ2n) is 9.23. The largest absolute Gasteiger partial charge is 0.491 e. The summed E-state index contributed by atoms with van der Waals surface area (Å²) in [4.78, 5) is 5.79. The summed E-state index contributed by atoms with van der Waals surface area (Å²) >= 11 is 0. The van der Waals surface area contributed by atoms with Gasteiger partial charge >= 0.3 is 6.05 Å². The molecule has 1 aliphatic carbocycles. The van der Waals surface area contributed by atoms with Crippen molar-refractivity contribution in [2.45, 2.75) is 64.3 Å². The Hall–Kier alpha value is -1.99. The van der Waals surface area contributed by atoms with Gasteiger partial charge < -0.3 is 15.2 Å². The number of alkyl halides is 2. The van der Waals surface area contributed by atoms with Crippen molar-refractivity contribution in [1.82, 2.24) is 4.90 Å². The molecule has 0 amide bonds. The molecular formula is C25H35F2N3O2. The van der Waals surface area contributed by atoms with Gasteiger partial charge in [-0.25, -0.2) is 4.90 Å². The first-order chi connectivity index (χ1) is 15.4. The number of anilines is 1. The Balaban J connectivity index is 1.53. The molecule has 2 unspecified atom stereocenters. The smallest absolute Gasteiger partial charge is 0.327 e. The summed E-state index contributed by atoms with van der Waals surface area (Å²) in [5, 5.41) is 12.5. The summed E-state index contributed by atoms with van der Waals surface area (Å²) in [7, 11) is 0. The van der Waals surface area contributed by atoms with E-state index in [0.29, 0.717) is 18.9 Å². The van der Waals surface area contributed by atoms with Crippen molar-refractivity contribution in [3.05, 3.63) is 29.3 Å². The maximum absolute atomic E-state index is 13.8. The topological polar surface area (TPSA) is 57.1 Å². The molecule has 0 aromatic heterocycles. The van der Waals surface area contributed by atoms with Crippen LogP contribution in [0.5, 0.6) is 5.75 Å². The standard InChI is InChI=1S/C25H35F2N3O2/c1-3-30(25(26,27)16-31)12-7-13-32-21-11-10-19(18-8-5-4-6-9-18)22-20-14-17(2)15-28-24(20)29-23(21)22/h8,10-11,17,20,31H,3-7,9,12-16H2,1-2H3,(H,28,29). The number of benzene rings is 1. The maximum atomic E-state index is 13.8. The van der Waals surface area contributed by atoms with E-state index in [1.807, 2.05) is 6.07 Å². The molecule has 5 nitrogen and oxygen atoms in total. The maximum Gasteiger partial charge on any atom is 0.327 e. The van der Waals surface area contributed by atoms with E-state index in [0.717, 1.165) is 48.0 Å². The molecule has 176 valence electrons. The normalized spacial score (nSPS) is 22.7. The molecule has 0 fully saturated rings. The van der Waals surface area contributed by atoms with Crippen LogP contribution in [0, 0.1) is 5.92 Å². The second kappa shape index (κ2) is 9.87. The zero-order valence-electron chi connectivity index (χ0n) is 19.2. The average Bonchev–Trinajstić information content (AvgIpc) is 3.18. The summed E-state index contributed by atoms with van der Waals surface area (Å²) < 4.78 is 33.6. The van der Waals surface area contributed by atoms with Crippen LogP contribution in [0.3, 0.4) is 0 Å². The first-order valence-electron chi connectivity index (χ1n) is 12.0. The van der Waals surface area contributed by atoms with Crippen molar-refractivity contribution < 1.29 is 18.6 Å². The number of rotatable bonds is 9. The van der Waals surface area contributed by atoms with E-state index in [4.69, 9.17) is 14.8 Å². The molecule has 4 rings (SSSR count). The van der Waals surface area contributed by atoms with Gasteiger partial charge in [0.1, 0.15) is 18.2 Å². The van der Waals surface area contributed by atoms with Gasteiger partial charge in [0.05, 0.1) is 12.3 Å². The fourth-order valence-corrected chi connectivity index (χ4v) is 5.13. The monoisotopic (exact) mass is 447 g/mol. The van der Waals surface area contributed by atoms with Crippen molar-refractivity contribution in [3.8, 4) is 5.75 Å². The van der Waals surface area contributed by atoms with Crippen LogP contribution >= 0.6 is 0 Å². The van der Waals surface area contributed by atoms with Gasteiger partial charge in [0, 0.05) is 25.6 Å². The zero-order chi connectivity index (χ0) is 22.7. The predicted octanol–water partition coefficient (Wildman–Crippen LogP) is 5.27. The molecule has 2 N–H and O–H groups in total. The highest BCUT2D eigenvalue weighted by atomic mass is 19.3. The van der Waals surface area contributed by atoms with Crippen molar-refractivity contribution in [2.24, 2.45) is 10.9 Å². The highest BCUT2D eigenvalue weighted by Gasteiger charge is 2.37. The number of ether oxygens (including phenoxy) is 1. The lowest BCUT2D eigenvalue weighted by Crippen LogP contribution is -2.45. The van der Waals surface area contributed by atoms with E-state index < -0.39 is 12.7 Å². The Morgan fingerprint density at radius 2 is 2.16 bits per heavy atom. The number of nitrogens with zero attached hydrogens (tertiary/aromatic N) is 2. The molecule has 32 heavy (non-hydrogen) atoms. The van der Waals surface area contributed by atoms with E-state index in [2.05, 4.69) is 24.4 Å². The highest BCUT2D eigenvalue weighted by Crippen LogP contribution is 2.48. The molecule has 2 aliphatic heterocycles. The summed E-state index contributed by atoms with van der Waals surface area (Å²) in [6.07, 6.45) is 8.61. The summed E-state index contributed by atoms with van der Waals surface area (Å²) in [6, 6.07) is 0.989. The summed E-state index contributed by atoms with van der Waals surface area (Å²) in [5.41, 5.74) is 5.02. The van der Waals surface area contributed by atoms with Crippen LogP contribution < -0.4 is 10.1 Å². The van der Waals surface area contributed by atoms with Crippen LogP contribution in [0.25, 0.3) is 5.57 Å². The number of nitrogens with one attached hydrogen (secondary N) is 1. The molecule has 1 aromatic rings. The molecule has 3 aliphatic rings. The Bertz CT molecular complexity index is 884. The highest BCUT2D eigenvalue weighted by molar-refractivity contribution is 6.09. The summed E-state index contributed by atoms with van der Waals surface area (Å²) in [6.45, 7) is 4.27. The SMILES string of the molecule is CCN(CCCOc1ccc(C2=CCCCC2)c2c1NC1=NCC(C)CC12)C(F)(F)CO. The zero-order valence-corrected chi connectivity index (χ0v) is 19.2. The Kier molecular flexibility index (Phi) is 7.15. The van der Waals surface area contributed by atoms with Gasteiger partial charge in [0.15, 0.2) is 0 Å². The van der Waals surface area contributed by atoms with Crippen LogP contribution in [0.1, 0.15) is 69.4 Å². The molecule has 0 spiro atoms. The molecule has 0 bridgehead atoms. The number of amidine groups is 1. The van der Waals surface area contributed by atoms with Crippen LogP contribution in [-0.4, -0.2) is 54.7 Å². The Labute approximate surface area is 189 Å². The number of hydrogen-bond donors (Lipinski definition) is 2. The fourth-order valence-electron chi connectivity index (χ4n) is 5.13. The van der Waals surface area contributed by atoms with Crippen molar-refractivity contribution >= 4 is 17.1 Å². The third-order valence-electron chi connectivity index (χ3n) is 6.85. The molecule has 2 heterocycles. The van der Waals surface area contributed by atoms with Crippen molar-refractivity contribution in [3.63, 3.8) is 0 Å². The average molecular weight is 448 g/mol. The molecular weight excluding hydrogens is 412 g/mol. The first-order valence-corrected chi connectivity index (χ1v) is 12.0. The van der Waals surface area contributed by atoms with E-state index in [1.165, 1.54) is 29.5 Å². The number of likely N-dealkylation sites (N-methyl/N-ethyl adjacent to an activating group) is 1. The first kappa shape index (κ1) is 23.2. The van der Waals surface area contributed by atoms with Crippen LogP contribution in [-0.2, 0) is 0 Å². The quantitative estimate of drug-likeness (QED) is 0.400. The number of halogens is 2. The van der Waals surface area contributed by atoms with E-state index >= 15 is 0 Å². The lowest BCUT2D eigenvalue weighted by atomic mass is 9.82. The molecule has 7 heteroatoms. The molecule has 1 aromatic carbocycles. The minimum Gasteiger partial charge on any atom is -0.491 e. The third-order valence-corrected chi connectivity index (χ3v) is 6.85. The Morgan fingerprint density at radius 3 is 2.88 bits per heavy atom. The van der Waals surface area contributed by atoms with Gasteiger partial charge in [0.25, 0.3) is 0 Å². The molecule has 0 saturated carbocycles. The number of fused-ring (bicyclic) bond motifs is 3. The molecule has 2 atom stereocenters. The Morgan fingerprint density at radius 1 is 1.31 bits per heavy atom. The van der Waals surface area contributed by atoms with E-state index in [1.54, 1.807) is 6.92 Å². The number of aliphatic imine (C=N–C) groups is 1. The van der Waals surface area contributed by atoms with Crippen LogP contribution in [0.15, 0.2) is 23.2 Å². The third kappa shape index (κ3) is 4.69. The number of allylic oxidation sites excluding steroid dienone is 2. The predicted molar refractivity (Wildman–Crippen MR) is 125 cm³/mol. The van der Waals surface area contributed by atoms with Crippen LogP contribution in [0.2, 0.25) is 0 Å². The lowest BCUT2D eigenvalue weighted by molar-refractivity contribution is -0.172. The van der Waals surface area contributed by atoms with E-state index in [-0.39, 0.29) is 19.0 Å². The van der Waals surface area contributed by atoms with Crippen molar-refractivity contribution in [2.75, 3.05) is 38.2 Å². The van der Waals surface area contributed by atoms with Gasteiger partial charge in [-0.15, -0.1) is 0 Å². The van der Waals surface area contributed by atoms with Crippen LogP contribution in [0.4, 0.5) is 14.5 Å². The fraction of sp³-hybridized carbons (Fsp3) is 0.640. The van der Waals surface area contributed by atoms with Crippen molar-refractivity contribution in [1.29, 1.82) is 0 Å². The molecule has 0 radical (unpaired) electrons. The van der Waals surface area contributed by atoms with E-state index in [9.17, 15) is 8.78 Å². The lowest BCUT2D eigenvalue weighted by Gasteiger charge is -2.28. The second-order valence-corrected chi connectivity index (χ2v) is 9.23.